The number of ether oxygens (including phenoxy) is 1. The molecule has 1 rings (SSSR count). The molecule has 2 N–H and O–H groups in total. The highest BCUT2D eigenvalue weighted by Crippen LogP contribution is 2.21. The minimum atomic E-state index is 0.618. The van der Waals surface area contributed by atoms with Gasteiger partial charge in [0.1, 0.15) is 5.75 Å². The number of rotatable bonds is 7. The highest BCUT2D eigenvalue weighted by atomic mass is 16.5. The van der Waals surface area contributed by atoms with Crippen molar-refractivity contribution in [3.8, 4) is 5.75 Å². The Bertz CT molecular complexity index is 336. The van der Waals surface area contributed by atoms with Crippen molar-refractivity contribution >= 4 is 0 Å². The van der Waals surface area contributed by atoms with Crippen LogP contribution in [0.2, 0.25) is 0 Å². The third kappa shape index (κ3) is 4.78. The van der Waals surface area contributed by atoms with E-state index in [1.807, 2.05) is 0 Å². The van der Waals surface area contributed by atoms with Crippen molar-refractivity contribution in [2.24, 2.45) is 11.7 Å². The van der Waals surface area contributed by atoms with Crippen LogP contribution in [0.4, 0.5) is 0 Å². The maximum atomic E-state index is 5.90. The van der Waals surface area contributed by atoms with Crippen LogP contribution in [0.5, 0.6) is 5.75 Å². The molecule has 0 radical (unpaired) electrons. The van der Waals surface area contributed by atoms with Gasteiger partial charge in [0.05, 0.1) is 6.61 Å². The monoisotopic (exact) mass is 235 g/mol. The molecule has 0 aromatic heterocycles. The number of nitrogens with two attached hydrogens (primary N) is 1. The average Bonchev–Trinajstić information content (AvgIpc) is 2.29. The molecular weight excluding hydrogens is 210 g/mol. The molecule has 1 aromatic carbocycles. The van der Waals surface area contributed by atoms with Gasteiger partial charge in [-0.2, -0.15) is 0 Å². The van der Waals surface area contributed by atoms with E-state index in [1.54, 1.807) is 0 Å². The highest BCUT2D eigenvalue weighted by Gasteiger charge is 2.06. The predicted molar refractivity (Wildman–Crippen MR) is 73.5 cm³/mol. The summed E-state index contributed by atoms with van der Waals surface area (Å²) < 4.78 is 5.90. The molecule has 0 bridgehead atoms. The molecule has 0 heterocycles. The van der Waals surface area contributed by atoms with E-state index in [0.717, 1.165) is 18.8 Å². The number of hydrogen-bond donors (Lipinski definition) is 1. The zero-order chi connectivity index (χ0) is 12.7. The Morgan fingerprint density at radius 2 is 2.12 bits per heavy atom. The molecule has 0 aliphatic rings. The third-order valence-electron chi connectivity index (χ3n) is 2.93. The van der Waals surface area contributed by atoms with Crippen LogP contribution in [0, 0.1) is 12.8 Å². The van der Waals surface area contributed by atoms with E-state index in [-0.39, 0.29) is 0 Å². The fourth-order valence-electron chi connectivity index (χ4n) is 2.01. The first kappa shape index (κ1) is 14.0. The maximum Gasteiger partial charge on any atom is 0.122 e. The first-order chi connectivity index (χ1) is 8.17. The van der Waals surface area contributed by atoms with Gasteiger partial charge in [-0.1, -0.05) is 38.0 Å². The van der Waals surface area contributed by atoms with E-state index >= 15 is 0 Å². The van der Waals surface area contributed by atoms with Crippen molar-refractivity contribution in [3.05, 3.63) is 29.3 Å². The molecule has 0 saturated carbocycles. The van der Waals surface area contributed by atoms with Gasteiger partial charge in [-0.3, -0.25) is 0 Å². The summed E-state index contributed by atoms with van der Waals surface area (Å²) >= 11 is 0. The Labute approximate surface area is 105 Å². The van der Waals surface area contributed by atoms with Crippen LogP contribution >= 0.6 is 0 Å². The molecule has 17 heavy (non-hydrogen) atoms. The van der Waals surface area contributed by atoms with E-state index in [4.69, 9.17) is 10.5 Å². The van der Waals surface area contributed by atoms with Crippen LogP contribution in [0.25, 0.3) is 0 Å². The molecule has 1 aromatic rings. The first-order valence-electron chi connectivity index (χ1n) is 6.59. The summed E-state index contributed by atoms with van der Waals surface area (Å²) in [6.07, 6.45) is 3.32. The van der Waals surface area contributed by atoms with Crippen LogP contribution in [0.3, 0.4) is 0 Å². The lowest BCUT2D eigenvalue weighted by atomic mass is 10.1. The van der Waals surface area contributed by atoms with Crippen LogP contribution in [0.1, 0.15) is 37.8 Å². The Morgan fingerprint density at radius 3 is 2.76 bits per heavy atom. The second kappa shape index (κ2) is 7.33. The van der Waals surface area contributed by atoms with E-state index in [9.17, 15) is 0 Å². The van der Waals surface area contributed by atoms with E-state index in [1.165, 1.54) is 24.0 Å². The van der Waals surface area contributed by atoms with Gasteiger partial charge in [0.2, 0.25) is 0 Å². The second-order valence-corrected chi connectivity index (χ2v) is 4.85. The minimum Gasteiger partial charge on any atom is -0.493 e. The molecular formula is C15H25NO. The third-order valence-corrected chi connectivity index (χ3v) is 2.93. The molecule has 0 aliphatic carbocycles. The van der Waals surface area contributed by atoms with Gasteiger partial charge in [-0.05, 0) is 43.9 Å². The van der Waals surface area contributed by atoms with Crippen LogP contribution < -0.4 is 10.5 Å². The summed E-state index contributed by atoms with van der Waals surface area (Å²) in [7, 11) is 0. The average molecular weight is 235 g/mol. The summed E-state index contributed by atoms with van der Waals surface area (Å²) in [5.74, 6) is 1.62. The van der Waals surface area contributed by atoms with Crippen molar-refractivity contribution in [1.29, 1.82) is 0 Å². The van der Waals surface area contributed by atoms with Gasteiger partial charge < -0.3 is 10.5 Å². The summed E-state index contributed by atoms with van der Waals surface area (Å²) in [5, 5.41) is 0. The van der Waals surface area contributed by atoms with Crippen LogP contribution in [-0.2, 0) is 6.42 Å². The van der Waals surface area contributed by atoms with Crippen molar-refractivity contribution in [2.75, 3.05) is 13.2 Å². The Kier molecular flexibility index (Phi) is 6.06. The summed E-state index contributed by atoms with van der Waals surface area (Å²) in [6.45, 7) is 8.02. The van der Waals surface area contributed by atoms with E-state index in [0.29, 0.717) is 12.5 Å². The normalized spacial score (nSPS) is 12.5. The summed E-state index contributed by atoms with van der Waals surface area (Å²) in [4.78, 5) is 0. The Morgan fingerprint density at radius 1 is 1.35 bits per heavy atom. The highest BCUT2D eigenvalue weighted by molar-refractivity contribution is 5.37. The lowest BCUT2D eigenvalue weighted by molar-refractivity contribution is 0.249. The quantitative estimate of drug-likeness (QED) is 0.787. The standard InChI is InChI=1S/C15H25NO/c1-4-5-13(3)11-17-15-7-6-12(2)10-14(15)8-9-16/h6-7,10,13H,4-5,8-9,11,16H2,1-3H3. The molecule has 0 spiro atoms. The fraction of sp³-hybridized carbons (Fsp3) is 0.600. The Balaban J connectivity index is 2.62. The van der Waals surface area contributed by atoms with Crippen molar-refractivity contribution in [2.45, 2.75) is 40.0 Å². The molecule has 0 amide bonds. The number of hydrogen-bond acceptors (Lipinski definition) is 2. The molecule has 2 nitrogen and oxygen atoms in total. The number of aryl methyl sites for hydroxylation is 1. The molecule has 1 atom stereocenters. The molecule has 0 aliphatic heterocycles. The molecule has 0 fully saturated rings. The zero-order valence-electron chi connectivity index (χ0n) is 11.3. The van der Waals surface area contributed by atoms with Gasteiger partial charge in [0, 0.05) is 0 Å². The molecule has 1 unspecified atom stereocenters. The first-order valence-corrected chi connectivity index (χ1v) is 6.59. The lowest BCUT2D eigenvalue weighted by Crippen LogP contribution is -2.11. The topological polar surface area (TPSA) is 35.2 Å². The van der Waals surface area contributed by atoms with Gasteiger partial charge >= 0.3 is 0 Å². The predicted octanol–water partition coefficient (Wildman–Crippen LogP) is 3.31. The van der Waals surface area contributed by atoms with Gasteiger partial charge in [0.15, 0.2) is 0 Å². The van der Waals surface area contributed by atoms with Crippen molar-refractivity contribution < 1.29 is 4.74 Å². The van der Waals surface area contributed by atoms with Crippen LogP contribution in [-0.4, -0.2) is 13.2 Å². The summed E-state index contributed by atoms with van der Waals surface area (Å²) in [6, 6.07) is 6.34. The fourth-order valence-corrected chi connectivity index (χ4v) is 2.01. The van der Waals surface area contributed by atoms with E-state index < -0.39 is 0 Å². The molecule has 0 saturated heterocycles. The summed E-state index contributed by atoms with van der Waals surface area (Å²) in [5.41, 5.74) is 8.13. The van der Waals surface area contributed by atoms with Gasteiger partial charge in [0.25, 0.3) is 0 Å². The largest absolute Gasteiger partial charge is 0.493 e. The SMILES string of the molecule is CCCC(C)COc1ccc(C)cc1CCN. The smallest absolute Gasteiger partial charge is 0.122 e. The minimum absolute atomic E-state index is 0.618. The molecule has 96 valence electrons. The zero-order valence-corrected chi connectivity index (χ0v) is 11.3. The second-order valence-electron chi connectivity index (χ2n) is 4.85. The number of benzene rings is 1. The van der Waals surface area contributed by atoms with Crippen LogP contribution in [0.15, 0.2) is 18.2 Å². The Hall–Kier alpha value is -1.02. The molecule has 2 heteroatoms. The van der Waals surface area contributed by atoms with Gasteiger partial charge in [-0.25, -0.2) is 0 Å². The maximum absolute atomic E-state index is 5.90. The lowest BCUT2D eigenvalue weighted by Gasteiger charge is -2.15. The van der Waals surface area contributed by atoms with Gasteiger partial charge in [-0.15, -0.1) is 0 Å². The van der Waals surface area contributed by atoms with Crippen molar-refractivity contribution in [3.63, 3.8) is 0 Å². The van der Waals surface area contributed by atoms with E-state index in [2.05, 4.69) is 39.0 Å². The van der Waals surface area contributed by atoms with Crippen molar-refractivity contribution in [1.82, 2.24) is 0 Å².